The minimum absolute atomic E-state index is 0.0963. The predicted molar refractivity (Wildman–Crippen MR) is 117 cm³/mol. The molecule has 0 radical (unpaired) electrons. The van der Waals surface area contributed by atoms with E-state index in [9.17, 15) is 22.4 Å². The molecule has 4 saturated carbocycles. The number of rotatable bonds is 8. The maximum Gasteiger partial charge on any atom is 0.221 e. The molecule has 0 spiro atoms. The van der Waals surface area contributed by atoms with Gasteiger partial charge < -0.3 is 4.74 Å². The monoisotopic (exact) mass is 463 g/mol. The van der Waals surface area contributed by atoms with Crippen LogP contribution in [-0.4, -0.2) is 49.7 Å². The van der Waals surface area contributed by atoms with Crippen molar-refractivity contribution in [2.75, 3.05) is 25.4 Å². The molecule has 174 valence electrons. The number of ketones is 2. The first-order valence-electron chi connectivity index (χ1n) is 11.6. The average molecular weight is 464 g/mol. The summed E-state index contributed by atoms with van der Waals surface area (Å²) in [6, 6.07) is 2.25. The minimum atomic E-state index is -3.77. The first-order chi connectivity index (χ1) is 15.1. The maximum absolute atomic E-state index is 14.9. The molecule has 0 atom stereocenters. The molecule has 8 heteroatoms. The Hall–Kier alpha value is -1.80. The Morgan fingerprint density at radius 1 is 1.06 bits per heavy atom. The molecule has 1 aromatic carbocycles. The Balaban J connectivity index is 1.35. The number of sulfonamides is 1. The second-order valence-corrected chi connectivity index (χ2v) is 12.5. The van der Waals surface area contributed by atoms with E-state index in [0.717, 1.165) is 49.5 Å². The summed E-state index contributed by atoms with van der Waals surface area (Å²) >= 11 is 0. The van der Waals surface area contributed by atoms with Crippen molar-refractivity contribution in [3.8, 4) is 5.75 Å². The van der Waals surface area contributed by atoms with Crippen LogP contribution in [0.3, 0.4) is 0 Å². The summed E-state index contributed by atoms with van der Waals surface area (Å²) in [6.45, 7) is 2.56. The van der Waals surface area contributed by atoms with E-state index in [1.54, 1.807) is 0 Å². The molecule has 6 nitrogen and oxygen atoms in total. The van der Waals surface area contributed by atoms with Crippen LogP contribution in [-0.2, 0) is 10.0 Å². The van der Waals surface area contributed by atoms with Gasteiger partial charge in [-0.2, -0.15) is 0 Å². The molecule has 0 N–H and O–H groups in total. The lowest BCUT2D eigenvalue weighted by molar-refractivity contribution is -0.0746. The molecule has 32 heavy (non-hydrogen) atoms. The first-order valence-corrected chi connectivity index (χ1v) is 13.2. The van der Waals surface area contributed by atoms with Crippen LogP contribution in [0.4, 0.5) is 4.39 Å². The minimum Gasteiger partial charge on any atom is -0.492 e. The summed E-state index contributed by atoms with van der Waals surface area (Å²) in [6.07, 6.45) is 8.06. The van der Waals surface area contributed by atoms with Gasteiger partial charge in [-0.25, -0.2) is 17.1 Å². The van der Waals surface area contributed by atoms with Crippen molar-refractivity contribution in [3.63, 3.8) is 0 Å². The first kappa shape index (κ1) is 22.0. The van der Waals surface area contributed by atoms with Crippen molar-refractivity contribution in [1.82, 2.24) is 4.31 Å². The topological polar surface area (TPSA) is 80.8 Å². The molecule has 4 bridgehead atoms. The van der Waals surface area contributed by atoms with Crippen molar-refractivity contribution in [1.29, 1.82) is 0 Å². The highest BCUT2D eigenvalue weighted by molar-refractivity contribution is 7.89. The standard InChI is InChI=1S/C24H30FNO5S/c1-15(27)19-8-20(22(28)13-32(29,30)26-3-2-4-26)21(25)9-23(19)31-14-24-10-16-5-17(11-24)7-18(6-16)12-24/h8-9,16-18H,2-7,10-14H2,1H3. The van der Waals surface area contributed by atoms with Crippen LogP contribution in [0.1, 0.15) is 72.6 Å². The van der Waals surface area contributed by atoms with E-state index in [2.05, 4.69) is 0 Å². The van der Waals surface area contributed by atoms with Crippen LogP contribution in [0.25, 0.3) is 0 Å². The quantitative estimate of drug-likeness (QED) is 0.547. The van der Waals surface area contributed by atoms with Crippen LogP contribution in [0.5, 0.6) is 5.75 Å². The highest BCUT2D eigenvalue weighted by atomic mass is 32.2. The van der Waals surface area contributed by atoms with Crippen LogP contribution in [0.2, 0.25) is 0 Å². The zero-order valence-electron chi connectivity index (χ0n) is 18.4. The molecule has 0 amide bonds. The van der Waals surface area contributed by atoms with Crippen LogP contribution >= 0.6 is 0 Å². The third-order valence-corrected chi connectivity index (χ3v) is 9.75. The van der Waals surface area contributed by atoms with Gasteiger partial charge in [-0.1, -0.05) is 0 Å². The molecule has 1 heterocycles. The van der Waals surface area contributed by atoms with Crippen molar-refractivity contribution in [3.05, 3.63) is 29.1 Å². The Morgan fingerprint density at radius 3 is 2.16 bits per heavy atom. The summed E-state index contributed by atoms with van der Waals surface area (Å²) in [5.74, 6) is -0.428. The summed E-state index contributed by atoms with van der Waals surface area (Å²) in [5, 5.41) is 0. The Bertz CT molecular complexity index is 1030. The zero-order valence-corrected chi connectivity index (χ0v) is 19.3. The van der Waals surface area contributed by atoms with Gasteiger partial charge in [0.25, 0.3) is 0 Å². The van der Waals surface area contributed by atoms with E-state index in [-0.39, 0.29) is 28.1 Å². The molecule has 5 fully saturated rings. The Kier molecular flexibility index (Phi) is 5.44. The van der Waals surface area contributed by atoms with Gasteiger partial charge in [0.05, 0.1) is 17.7 Å². The van der Waals surface area contributed by atoms with E-state index in [1.165, 1.54) is 36.6 Å². The Labute approximate surface area is 188 Å². The van der Waals surface area contributed by atoms with E-state index < -0.39 is 27.4 Å². The van der Waals surface area contributed by atoms with Crippen molar-refractivity contribution < 1.29 is 27.1 Å². The lowest BCUT2D eigenvalue weighted by atomic mass is 9.50. The number of benzene rings is 1. The van der Waals surface area contributed by atoms with Gasteiger partial charge in [-0.3, -0.25) is 9.59 Å². The molecule has 1 aromatic rings. The Morgan fingerprint density at radius 2 is 1.66 bits per heavy atom. The fourth-order valence-electron chi connectivity index (χ4n) is 6.76. The van der Waals surface area contributed by atoms with Crippen LogP contribution < -0.4 is 4.74 Å². The highest BCUT2D eigenvalue weighted by Crippen LogP contribution is 2.60. The lowest BCUT2D eigenvalue weighted by Crippen LogP contribution is -2.48. The maximum atomic E-state index is 14.9. The van der Waals surface area contributed by atoms with Gasteiger partial charge >= 0.3 is 0 Å². The molecule has 1 aliphatic heterocycles. The van der Waals surface area contributed by atoms with Gasteiger partial charge in [-0.05, 0) is 75.7 Å². The molecular formula is C24H30FNO5S. The van der Waals surface area contributed by atoms with Crippen molar-refractivity contribution in [2.45, 2.75) is 51.9 Å². The molecule has 1 saturated heterocycles. The zero-order chi connectivity index (χ0) is 22.7. The smallest absolute Gasteiger partial charge is 0.221 e. The summed E-state index contributed by atoms with van der Waals surface area (Å²) in [4.78, 5) is 24.9. The van der Waals surface area contributed by atoms with Crippen LogP contribution in [0.15, 0.2) is 12.1 Å². The third-order valence-electron chi connectivity index (χ3n) is 7.97. The lowest BCUT2D eigenvalue weighted by Gasteiger charge is -2.56. The highest BCUT2D eigenvalue weighted by Gasteiger charge is 2.51. The fraction of sp³-hybridized carbons (Fsp3) is 0.667. The second-order valence-electron chi connectivity index (χ2n) is 10.5. The summed E-state index contributed by atoms with van der Waals surface area (Å²) in [5.41, 5.74) is -0.152. The molecular weight excluding hydrogens is 433 g/mol. The van der Waals surface area contributed by atoms with Crippen molar-refractivity contribution >= 4 is 21.6 Å². The van der Waals surface area contributed by atoms with Gasteiger partial charge in [-0.15, -0.1) is 0 Å². The van der Waals surface area contributed by atoms with E-state index in [0.29, 0.717) is 19.7 Å². The average Bonchev–Trinajstić information content (AvgIpc) is 2.62. The van der Waals surface area contributed by atoms with E-state index in [1.807, 2.05) is 0 Å². The van der Waals surface area contributed by atoms with Gasteiger partial charge in [0.1, 0.15) is 17.3 Å². The number of hydrogen-bond donors (Lipinski definition) is 0. The molecule has 5 aliphatic rings. The largest absolute Gasteiger partial charge is 0.492 e. The normalized spacial score (nSPS) is 31.4. The van der Waals surface area contributed by atoms with Gasteiger partial charge in [0.15, 0.2) is 11.6 Å². The molecule has 0 unspecified atom stereocenters. The van der Waals surface area contributed by atoms with Crippen LogP contribution in [0, 0.1) is 29.0 Å². The number of carbonyl (C=O) groups excluding carboxylic acids is 2. The molecule has 4 aliphatic carbocycles. The number of halogens is 1. The molecule has 0 aromatic heterocycles. The number of nitrogens with zero attached hydrogens (tertiary/aromatic N) is 1. The summed E-state index contributed by atoms with van der Waals surface area (Å²) < 4.78 is 46.8. The van der Waals surface area contributed by atoms with E-state index in [4.69, 9.17) is 4.74 Å². The SMILES string of the molecule is CC(=O)c1cc(C(=O)CS(=O)(=O)N2CCC2)c(F)cc1OCC12CC3CC(CC(C3)C1)C2. The third kappa shape index (κ3) is 4.00. The van der Waals surface area contributed by atoms with Gasteiger partial charge in [0.2, 0.25) is 10.0 Å². The number of ether oxygens (including phenoxy) is 1. The predicted octanol–water partition coefficient (Wildman–Crippen LogP) is 3.84. The van der Waals surface area contributed by atoms with Gasteiger partial charge in [0, 0.05) is 24.6 Å². The number of hydrogen-bond acceptors (Lipinski definition) is 5. The number of Topliss-reactive ketones (excluding diaryl/α,β-unsaturated/α-hetero) is 2. The fourth-order valence-corrected chi connectivity index (χ4v) is 8.24. The number of carbonyl (C=O) groups is 2. The molecule has 6 rings (SSSR count). The van der Waals surface area contributed by atoms with Crippen molar-refractivity contribution in [2.24, 2.45) is 23.2 Å². The van der Waals surface area contributed by atoms with E-state index >= 15 is 0 Å². The second kappa shape index (κ2) is 7.90. The summed E-state index contributed by atoms with van der Waals surface area (Å²) in [7, 11) is -3.77.